The van der Waals surface area contributed by atoms with Crippen LogP contribution in [-0.4, -0.2) is 36.4 Å². The van der Waals surface area contributed by atoms with Gasteiger partial charge in [0.15, 0.2) is 0 Å². The van der Waals surface area contributed by atoms with Crippen molar-refractivity contribution in [3.8, 4) is 0 Å². The van der Waals surface area contributed by atoms with Gasteiger partial charge >= 0.3 is 0 Å². The van der Waals surface area contributed by atoms with Gasteiger partial charge in [-0.25, -0.2) is 0 Å². The second-order valence-electron chi connectivity index (χ2n) is 5.39. The monoisotopic (exact) mass is 241 g/mol. The van der Waals surface area contributed by atoms with Gasteiger partial charge < -0.3 is 15.2 Å². The third-order valence-electron chi connectivity index (χ3n) is 3.97. The second-order valence-corrected chi connectivity index (χ2v) is 5.39. The molecule has 0 atom stereocenters. The number of amides is 1. The number of carbonyl (C=O) groups is 1. The molecule has 1 saturated carbocycles. The summed E-state index contributed by atoms with van der Waals surface area (Å²) in [5.74, 6) is 0.170. The van der Waals surface area contributed by atoms with Gasteiger partial charge in [-0.15, -0.1) is 0 Å². The van der Waals surface area contributed by atoms with E-state index in [1.165, 1.54) is 6.42 Å². The lowest BCUT2D eigenvalue weighted by molar-refractivity contribution is -0.129. The van der Waals surface area contributed by atoms with E-state index in [0.717, 1.165) is 38.5 Å². The number of rotatable bonds is 3. The van der Waals surface area contributed by atoms with Crippen LogP contribution < -0.4 is 5.32 Å². The van der Waals surface area contributed by atoms with Crippen molar-refractivity contribution < 1.29 is 14.6 Å². The van der Waals surface area contributed by atoms with Gasteiger partial charge in [0.25, 0.3) is 0 Å². The molecule has 2 rings (SSSR count). The summed E-state index contributed by atoms with van der Waals surface area (Å²) in [5.41, 5.74) is -0.654. The lowest BCUT2D eigenvalue weighted by atomic mass is 9.84. The summed E-state index contributed by atoms with van der Waals surface area (Å²) < 4.78 is 5.23. The Kier molecular flexibility index (Phi) is 4.40. The summed E-state index contributed by atoms with van der Waals surface area (Å²) >= 11 is 0. The number of carbonyl (C=O) groups excluding carboxylic acids is 1. The Morgan fingerprint density at radius 1 is 1.24 bits per heavy atom. The molecule has 0 bridgehead atoms. The molecule has 98 valence electrons. The zero-order chi connectivity index (χ0) is 12.1. The number of hydrogen-bond donors (Lipinski definition) is 2. The van der Waals surface area contributed by atoms with Crippen LogP contribution in [0.5, 0.6) is 0 Å². The molecule has 0 aromatic heterocycles. The van der Waals surface area contributed by atoms with Crippen molar-refractivity contribution in [1.82, 2.24) is 5.32 Å². The molecule has 1 heterocycles. The Balaban J connectivity index is 1.74. The summed E-state index contributed by atoms with van der Waals surface area (Å²) in [6.07, 6.45) is 6.61. The Bertz CT molecular complexity index is 255. The maximum absolute atomic E-state index is 11.9. The minimum Gasteiger partial charge on any atom is -0.388 e. The van der Waals surface area contributed by atoms with Crippen LogP contribution in [0.4, 0.5) is 0 Å². The number of nitrogens with one attached hydrogen (secondary N) is 1. The van der Waals surface area contributed by atoms with Crippen LogP contribution in [0.25, 0.3) is 0 Å². The Morgan fingerprint density at radius 2 is 1.88 bits per heavy atom. The fourth-order valence-corrected chi connectivity index (χ4v) is 2.74. The van der Waals surface area contributed by atoms with E-state index in [9.17, 15) is 9.90 Å². The van der Waals surface area contributed by atoms with Crippen LogP contribution in [-0.2, 0) is 9.53 Å². The first-order valence-corrected chi connectivity index (χ1v) is 6.77. The highest BCUT2D eigenvalue weighted by molar-refractivity contribution is 5.78. The molecule has 0 radical (unpaired) electrons. The Hall–Kier alpha value is -0.610. The average molecular weight is 241 g/mol. The summed E-state index contributed by atoms with van der Waals surface area (Å²) in [7, 11) is 0. The summed E-state index contributed by atoms with van der Waals surface area (Å²) in [6.45, 7) is 1.79. The lowest BCUT2D eigenvalue weighted by Crippen LogP contribution is -2.46. The van der Waals surface area contributed by atoms with Crippen LogP contribution in [0, 0.1) is 5.92 Å². The molecule has 1 aliphatic carbocycles. The molecular formula is C13H23NO3. The lowest BCUT2D eigenvalue weighted by Gasteiger charge is -2.33. The zero-order valence-corrected chi connectivity index (χ0v) is 10.4. The first kappa shape index (κ1) is 12.8. The quantitative estimate of drug-likeness (QED) is 0.781. The van der Waals surface area contributed by atoms with Crippen molar-refractivity contribution in [2.75, 3.05) is 19.8 Å². The van der Waals surface area contributed by atoms with E-state index in [2.05, 4.69) is 5.32 Å². The second kappa shape index (κ2) is 5.83. The molecule has 0 aromatic carbocycles. The van der Waals surface area contributed by atoms with E-state index in [1.54, 1.807) is 0 Å². The molecule has 0 unspecified atom stereocenters. The van der Waals surface area contributed by atoms with Gasteiger partial charge in [0.2, 0.25) is 5.91 Å². The minimum atomic E-state index is -0.654. The van der Waals surface area contributed by atoms with Crippen LogP contribution >= 0.6 is 0 Å². The zero-order valence-electron chi connectivity index (χ0n) is 10.4. The summed E-state index contributed by atoms with van der Waals surface area (Å²) in [6, 6.07) is 0. The van der Waals surface area contributed by atoms with Crippen molar-refractivity contribution in [3.05, 3.63) is 0 Å². The molecule has 0 aromatic rings. The van der Waals surface area contributed by atoms with E-state index in [-0.39, 0.29) is 11.8 Å². The molecule has 17 heavy (non-hydrogen) atoms. The smallest absolute Gasteiger partial charge is 0.223 e. The minimum absolute atomic E-state index is 0.0796. The molecule has 1 amide bonds. The number of hydrogen-bond acceptors (Lipinski definition) is 3. The van der Waals surface area contributed by atoms with Crippen molar-refractivity contribution in [2.45, 2.75) is 50.5 Å². The maximum atomic E-state index is 11.9. The molecule has 1 aliphatic heterocycles. The van der Waals surface area contributed by atoms with Gasteiger partial charge in [-0.1, -0.05) is 19.3 Å². The largest absolute Gasteiger partial charge is 0.388 e. The van der Waals surface area contributed by atoms with Crippen molar-refractivity contribution in [1.29, 1.82) is 0 Å². The molecule has 2 N–H and O–H groups in total. The molecule has 0 spiro atoms. The Morgan fingerprint density at radius 3 is 2.53 bits per heavy atom. The summed E-state index contributed by atoms with van der Waals surface area (Å²) in [4.78, 5) is 11.9. The Labute approximate surface area is 103 Å². The SMILES string of the molecule is O=C(NCC1(O)CCCCC1)C1CCOCC1. The van der Waals surface area contributed by atoms with Crippen molar-refractivity contribution in [3.63, 3.8) is 0 Å². The van der Waals surface area contributed by atoms with Crippen LogP contribution in [0.15, 0.2) is 0 Å². The van der Waals surface area contributed by atoms with Crippen LogP contribution in [0.3, 0.4) is 0 Å². The van der Waals surface area contributed by atoms with Crippen molar-refractivity contribution in [2.24, 2.45) is 5.92 Å². The average Bonchev–Trinajstić information content (AvgIpc) is 2.38. The highest BCUT2D eigenvalue weighted by Gasteiger charge is 2.30. The normalized spacial score (nSPS) is 25.5. The predicted octanol–water partition coefficient (Wildman–Crippen LogP) is 1.22. The van der Waals surface area contributed by atoms with Gasteiger partial charge in [0, 0.05) is 25.7 Å². The molecule has 2 fully saturated rings. The van der Waals surface area contributed by atoms with Gasteiger partial charge in [-0.2, -0.15) is 0 Å². The fraction of sp³-hybridized carbons (Fsp3) is 0.923. The molecule has 1 saturated heterocycles. The van der Waals surface area contributed by atoms with Gasteiger partial charge in [0.1, 0.15) is 0 Å². The van der Waals surface area contributed by atoms with E-state index >= 15 is 0 Å². The topological polar surface area (TPSA) is 58.6 Å². The first-order chi connectivity index (χ1) is 8.20. The van der Waals surface area contributed by atoms with E-state index < -0.39 is 5.60 Å². The first-order valence-electron chi connectivity index (χ1n) is 6.77. The molecule has 4 nitrogen and oxygen atoms in total. The van der Waals surface area contributed by atoms with Gasteiger partial charge in [0.05, 0.1) is 5.60 Å². The van der Waals surface area contributed by atoms with Gasteiger partial charge in [-0.3, -0.25) is 4.79 Å². The third kappa shape index (κ3) is 3.68. The van der Waals surface area contributed by atoms with E-state index in [4.69, 9.17) is 4.74 Å². The fourth-order valence-electron chi connectivity index (χ4n) is 2.74. The van der Waals surface area contributed by atoms with E-state index in [0.29, 0.717) is 19.8 Å². The number of aliphatic hydroxyl groups is 1. The highest BCUT2D eigenvalue weighted by Crippen LogP contribution is 2.27. The standard InChI is InChI=1S/C13H23NO3/c15-12(11-4-8-17-9-5-11)14-10-13(16)6-2-1-3-7-13/h11,16H,1-10H2,(H,14,15). The summed E-state index contributed by atoms with van der Waals surface area (Å²) in [5, 5.41) is 13.2. The van der Waals surface area contributed by atoms with Gasteiger partial charge in [-0.05, 0) is 25.7 Å². The maximum Gasteiger partial charge on any atom is 0.223 e. The van der Waals surface area contributed by atoms with Crippen LogP contribution in [0.2, 0.25) is 0 Å². The molecule has 4 heteroatoms. The predicted molar refractivity (Wildman–Crippen MR) is 64.6 cm³/mol. The third-order valence-corrected chi connectivity index (χ3v) is 3.97. The molecule has 2 aliphatic rings. The van der Waals surface area contributed by atoms with E-state index in [1.807, 2.05) is 0 Å². The molecular weight excluding hydrogens is 218 g/mol. The van der Waals surface area contributed by atoms with Crippen molar-refractivity contribution >= 4 is 5.91 Å². The number of ether oxygens (including phenoxy) is 1. The highest BCUT2D eigenvalue weighted by atomic mass is 16.5. The van der Waals surface area contributed by atoms with Crippen LogP contribution in [0.1, 0.15) is 44.9 Å².